The van der Waals surface area contributed by atoms with Crippen LogP contribution in [0.15, 0.2) is 48.5 Å². The Morgan fingerprint density at radius 3 is 2.44 bits per heavy atom. The lowest BCUT2D eigenvalue weighted by Gasteiger charge is -2.24. The highest BCUT2D eigenvalue weighted by Gasteiger charge is 2.45. The van der Waals surface area contributed by atoms with Crippen molar-refractivity contribution < 1.29 is 28.3 Å². The molecule has 3 N–H and O–H groups in total. The molecule has 3 amide bonds. The zero-order chi connectivity index (χ0) is 23.4. The minimum absolute atomic E-state index is 0.00434. The maximum absolute atomic E-state index is 13.5. The Labute approximate surface area is 187 Å². The number of hydrogen-bond donors (Lipinski definition) is 2. The first-order valence-electron chi connectivity index (χ1n) is 9.52. The third-order valence-corrected chi connectivity index (χ3v) is 4.93. The number of ether oxygens (including phenoxy) is 1. The number of esters is 1. The fourth-order valence-corrected chi connectivity index (χ4v) is 3.46. The van der Waals surface area contributed by atoms with E-state index in [1.54, 1.807) is 6.92 Å². The zero-order valence-electron chi connectivity index (χ0n) is 16.9. The maximum Gasteiger partial charge on any atom is 0.338 e. The second-order valence-corrected chi connectivity index (χ2v) is 7.10. The van der Waals surface area contributed by atoms with Crippen LogP contribution in [0.5, 0.6) is 0 Å². The minimum atomic E-state index is -1.19. The van der Waals surface area contributed by atoms with Gasteiger partial charge in [-0.25, -0.2) is 14.2 Å². The Bertz CT molecular complexity index is 1090. The van der Waals surface area contributed by atoms with Gasteiger partial charge >= 0.3 is 5.97 Å². The Morgan fingerprint density at radius 1 is 1.16 bits per heavy atom. The number of nitrogens with zero attached hydrogens (tertiary/aromatic N) is 2. The number of hydrazine groups is 1. The van der Waals surface area contributed by atoms with Gasteiger partial charge in [0, 0.05) is 5.56 Å². The molecule has 0 bridgehead atoms. The number of hydrogen-bond acceptors (Lipinski definition) is 6. The lowest BCUT2D eigenvalue weighted by molar-refractivity contribution is -0.125. The summed E-state index contributed by atoms with van der Waals surface area (Å²) in [6, 6.07) is 9.63. The first-order chi connectivity index (χ1) is 15.2. The van der Waals surface area contributed by atoms with E-state index in [0.29, 0.717) is 5.69 Å². The summed E-state index contributed by atoms with van der Waals surface area (Å²) in [4.78, 5) is 50.1. The standard InChI is InChI=1S/C21H19FN4O5S/c1-2-31-20(30)12-6-8-15(9-7-12)25-19(29)16(11-17(23)27)26(21(25)32)24-18(28)13-4-3-5-14(22)10-13/h3-10,16H,2,11H2,1H3,(H2,23,27)(H,24,28)/t16-/m0/s1. The first-order valence-corrected chi connectivity index (χ1v) is 9.93. The van der Waals surface area contributed by atoms with Crippen molar-refractivity contribution in [3.05, 3.63) is 65.5 Å². The van der Waals surface area contributed by atoms with E-state index in [4.69, 9.17) is 22.7 Å². The summed E-state index contributed by atoms with van der Waals surface area (Å²) in [6.07, 6.45) is -0.417. The number of anilines is 1. The molecule has 0 unspecified atom stereocenters. The van der Waals surface area contributed by atoms with Gasteiger partial charge in [0.1, 0.15) is 11.9 Å². The third kappa shape index (κ3) is 4.72. The maximum atomic E-state index is 13.5. The summed E-state index contributed by atoms with van der Waals surface area (Å²) in [5.41, 5.74) is 8.30. The van der Waals surface area contributed by atoms with Crippen molar-refractivity contribution >= 4 is 46.7 Å². The molecule has 1 atom stereocenters. The molecule has 0 aromatic heterocycles. The molecule has 1 fully saturated rings. The second kappa shape index (κ2) is 9.52. The van der Waals surface area contributed by atoms with Crippen molar-refractivity contribution in [1.29, 1.82) is 0 Å². The number of halogens is 1. The molecule has 9 nitrogen and oxygen atoms in total. The lowest BCUT2D eigenvalue weighted by Crippen LogP contribution is -2.49. The average molecular weight is 458 g/mol. The lowest BCUT2D eigenvalue weighted by atomic mass is 10.1. The molecule has 32 heavy (non-hydrogen) atoms. The largest absolute Gasteiger partial charge is 0.462 e. The molecular weight excluding hydrogens is 439 g/mol. The molecule has 1 aliphatic rings. The number of primary amides is 1. The average Bonchev–Trinajstić information content (AvgIpc) is 2.97. The number of rotatable bonds is 7. The van der Waals surface area contributed by atoms with Crippen LogP contribution in [-0.4, -0.2) is 46.5 Å². The quantitative estimate of drug-likeness (QED) is 0.477. The van der Waals surface area contributed by atoms with Crippen molar-refractivity contribution in [2.24, 2.45) is 5.73 Å². The van der Waals surface area contributed by atoms with E-state index in [-0.39, 0.29) is 22.8 Å². The molecule has 2 aromatic carbocycles. The molecule has 1 heterocycles. The molecular formula is C21H19FN4O5S. The first kappa shape index (κ1) is 22.8. The molecule has 0 saturated carbocycles. The number of carbonyl (C=O) groups excluding carboxylic acids is 4. The van der Waals surface area contributed by atoms with Crippen LogP contribution >= 0.6 is 12.2 Å². The number of nitrogens with one attached hydrogen (secondary N) is 1. The molecule has 0 aliphatic carbocycles. The number of amides is 3. The van der Waals surface area contributed by atoms with Crippen LogP contribution in [0.1, 0.15) is 34.1 Å². The van der Waals surface area contributed by atoms with Crippen LogP contribution in [0.25, 0.3) is 0 Å². The van der Waals surface area contributed by atoms with E-state index in [1.165, 1.54) is 42.5 Å². The Hall–Kier alpha value is -3.86. The van der Waals surface area contributed by atoms with Crippen LogP contribution in [-0.2, 0) is 14.3 Å². The third-order valence-electron chi connectivity index (χ3n) is 4.55. The Kier molecular flexibility index (Phi) is 6.79. The van der Waals surface area contributed by atoms with Crippen LogP contribution in [0, 0.1) is 5.82 Å². The second-order valence-electron chi connectivity index (χ2n) is 6.73. The number of benzene rings is 2. The summed E-state index contributed by atoms with van der Waals surface area (Å²) in [5.74, 6) is -3.25. The van der Waals surface area contributed by atoms with Gasteiger partial charge in [-0.3, -0.25) is 24.7 Å². The van der Waals surface area contributed by atoms with Crippen LogP contribution < -0.4 is 16.1 Å². The summed E-state index contributed by atoms with van der Waals surface area (Å²) in [5, 5.41) is 0.935. The number of carbonyl (C=O) groups is 4. The van der Waals surface area contributed by atoms with Crippen LogP contribution in [0.2, 0.25) is 0 Å². The molecule has 1 saturated heterocycles. The van der Waals surface area contributed by atoms with Gasteiger partial charge in [-0.05, 0) is 61.6 Å². The molecule has 0 radical (unpaired) electrons. The predicted molar refractivity (Wildman–Crippen MR) is 116 cm³/mol. The minimum Gasteiger partial charge on any atom is -0.462 e. The van der Waals surface area contributed by atoms with Gasteiger partial charge in [-0.2, -0.15) is 0 Å². The van der Waals surface area contributed by atoms with Crippen molar-refractivity contribution in [2.75, 3.05) is 11.5 Å². The SMILES string of the molecule is CCOC(=O)c1ccc(N2C(=O)[C@H](CC(N)=O)N(NC(=O)c3cccc(F)c3)C2=S)cc1. The van der Waals surface area contributed by atoms with Crippen molar-refractivity contribution in [1.82, 2.24) is 10.4 Å². The smallest absolute Gasteiger partial charge is 0.338 e. The van der Waals surface area contributed by atoms with Gasteiger partial charge in [0.15, 0.2) is 0 Å². The van der Waals surface area contributed by atoms with E-state index in [9.17, 15) is 23.6 Å². The summed E-state index contributed by atoms with van der Waals surface area (Å²) < 4.78 is 18.4. The Morgan fingerprint density at radius 2 is 1.84 bits per heavy atom. The molecule has 1 aliphatic heterocycles. The highest BCUT2D eigenvalue weighted by molar-refractivity contribution is 7.80. The molecule has 3 rings (SSSR count). The summed E-state index contributed by atoms with van der Waals surface area (Å²) in [7, 11) is 0. The molecule has 2 aromatic rings. The van der Waals surface area contributed by atoms with Gasteiger partial charge in [0.25, 0.3) is 11.8 Å². The van der Waals surface area contributed by atoms with Gasteiger partial charge < -0.3 is 10.5 Å². The zero-order valence-corrected chi connectivity index (χ0v) is 17.7. The highest BCUT2D eigenvalue weighted by Crippen LogP contribution is 2.26. The van der Waals surface area contributed by atoms with Gasteiger partial charge in [-0.15, -0.1) is 0 Å². The summed E-state index contributed by atoms with van der Waals surface area (Å²) >= 11 is 5.37. The van der Waals surface area contributed by atoms with Crippen LogP contribution in [0.4, 0.5) is 10.1 Å². The van der Waals surface area contributed by atoms with Gasteiger partial charge in [-0.1, -0.05) is 6.07 Å². The van der Waals surface area contributed by atoms with E-state index < -0.39 is 42.0 Å². The van der Waals surface area contributed by atoms with Crippen molar-refractivity contribution in [3.63, 3.8) is 0 Å². The van der Waals surface area contributed by atoms with Crippen LogP contribution in [0.3, 0.4) is 0 Å². The fourth-order valence-electron chi connectivity index (χ4n) is 3.09. The van der Waals surface area contributed by atoms with E-state index in [2.05, 4.69) is 5.43 Å². The van der Waals surface area contributed by atoms with Crippen molar-refractivity contribution in [2.45, 2.75) is 19.4 Å². The number of nitrogens with two attached hydrogens (primary N) is 1. The van der Waals surface area contributed by atoms with Crippen molar-refractivity contribution in [3.8, 4) is 0 Å². The topological polar surface area (TPSA) is 122 Å². The Balaban J connectivity index is 1.88. The fraction of sp³-hybridized carbons (Fsp3) is 0.190. The van der Waals surface area contributed by atoms with Gasteiger partial charge in [0.2, 0.25) is 11.0 Å². The molecule has 0 spiro atoms. The molecule has 11 heteroatoms. The van der Waals surface area contributed by atoms with E-state index in [0.717, 1.165) is 16.0 Å². The predicted octanol–water partition coefficient (Wildman–Crippen LogP) is 1.52. The highest BCUT2D eigenvalue weighted by atomic mass is 32.1. The number of thiocarbonyl (C=S) groups is 1. The van der Waals surface area contributed by atoms with E-state index in [1.807, 2.05) is 0 Å². The normalized spacial score (nSPS) is 15.6. The van der Waals surface area contributed by atoms with Gasteiger partial charge in [0.05, 0.1) is 24.3 Å². The summed E-state index contributed by atoms with van der Waals surface area (Å²) in [6.45, 7) is 1.89. The van der Waals surface area contributed by atoms with E-state index >= 15 is 0 Å². The monoisotopic (exact) mass is 458 g/mol. The molecule has 166 valence electrons.